The van der Waals surface area contributed by atoms with Gasteiger partial charge in [-0.3, -0.25) is 9.52 Å². The zero-order valence-corrected chi connectivity index (χ0v) is 19.0. The number of esters is 1. The fourth-order valence-electron chi connectivity index (χ4n) is 3.79. The van der Waals surface area contributed by atoms with Crippen molar-refractivity contribution in [2.75, 3.05) is 22.8 Å². The number of nitrogens with one attached hydrogen (secondary N) is 1. The van der Waals surface area contributed by atoms with Crippen LogP contribution in [-0.4, -0.2) is 33.4 Å². The standard InChI is InChI=1S/C25H24N2O5S/c1-2-32-25(29)19-10-12-21(13-11-19)26-33(30,31)22-14-15-23-20(17-22)9-6-16-27(23)24(28)18-7-4-3-5-8-18/h3-5,7-8,10-15,17,26H,2,6,9,16H2,1H3. The van der Waals surface area contributed by atoms with Gasteiger partial charge in [-0.15, -0.1) is 0 Å². The van der Waals surface area contributed by atoms with Gasteiger partial charge in [-0.05, 0) is 79.9 Å². The summed E-state index contributed by atoms with van der Waals surface area (Å²) in [5, 5.41) is 0. The van der Waals surface area contributed by atoms with Crippen LogP contribution in [0.4, 0.5) is 11.4 Å². The molecule has 1 amide bonds. The van der Waals surface area contributed by atoms with Gasteiger partial charge in [-0.2, -0.15) is 0 Å². The third-order valence-electron chi connectivity index (χ3n) is 5.39. The van der Waals surface area contributed by atoms with Crippen LogP contribution >= 0.6 is 0 Å². The highest BCUT2D eigenvalue weighted by atomic mass is 32.2. The largest absolute Gasteiger partial charge is 0.462 e. The molecule has 1 aliphatic rings. The molecule has 0 spiro atoms. The first-order valence-electron chi connectivity index (χ1n) is 10.7. The van der Waals surface area contributed by atoms with E-state index in [2.05, 4.69) is 4.72 Å². The molecule has 7 nitrogen and oxygen atoms in total. The molecule has 170 valence electrons. The molecule has 0 unspecified atom stereocenters. The summed E-state index contributed by atoms with van der Waals surface area (Å²) in [6, 6.07) is 19.9. The zero-order valence-electron chi connectivity index (χ0n) is 18.2. The van der Waals surface area contributed by atoms with Crippen LogP contribution < -0.4 is 9.62 Å². The Balaban J connectivity index is 1.55. The van der Waals surface area contributed by atoms with Crippen molar-refractivity contribution in [1.29, 1.82) is 0 Å². The van der Waals surface area contributed by atoms with Crippen molar-refractivity contribution >= 4 is 33.3 Å². The van der Waals surface area contributed by atoms with E-state index >= 15 is 0 Å². The molecule has 0 bridgehead atoms. The van der Waals surface area contributed by atoms with Crippen LogP contribution in [0.3, 0.4) is 0 Å². The number of benzene rings is 3. The van der Waals surface area contributed by atoms with Gasteiger partial charge in [0.15, 0.2) is 0 Å². The molecule has 0 fully saturated rings. The lowest BCUT2D eigenvalue weighted by Crippen LogP contribution is -2.35. The second-order valence-corrected chi connectivity index (χ2v) is 9.30. The maximum Gasteiger partial charge on any atom is 0.338 e. The van der Waals surface area contributed by atoms with E-state index in [1.54, 1.807) is 36.1 Å². The van der Waals surface area contributed by atoms with Crippen LogP contribution in [0.5, 0.6) is 0 Å². The maximum absolute atomic E-state index is 13.0. The van der Waals surface area contributed by atoms with Gasteiger partial charge in [-0.1, -0.05) is 18.2 Å². The molecular weight excluding hydrogens is 440 g/mol. The predicted molar refractivity (Wildman–Crippen MR) is 126 cm³/mol. The molecule has 8 heteroatoms. The second-order valence-electron chi connectivity index (χ2n) is 7.62. The molecule has 0 saturated heterocycles. The lowest BCUT2D eigenvalue weighted by atomic mass is 10.0. The van der Waals surface area contributed by atoms with Gasteiger partial charge in [0.05, 0.1) is 17.1 Å². The van der Waals surface area contributed by atoms with Gasteiger partial charge >= 0.3 is 5.97 Å². The van der Waals surface area contributed by atoms with Crippen molar-refractivity contribution in [3.8, 4) is 0 Å². The predicted octanol–water partition coefficient (Wildman–Crippen LogP) is 4.26. The van der Waals surface area contributed by atoms with Crippen molar-refractivity contribution in [1.82, 2.24) is 0 Å². The molecule has 0 radical (unpaired) electrons. The summed E-state index contributed by atoms with van der Waals surface area (Å²) in [6.45, 7) is 2.56. The third kappa shape index (κ3) is 4.90. The zero-order chi connectivity index (χ0) is 23.4. The molecule has 0 atom stereocenters. The number of anilines is 2. The lowest BCUT2D eigenvalue weighted by molar-refractivity contribution is 0.0526. The van der Waals surface area contributed by atoms with Gasteiger partial charge in [-0.25, -0.2) is 13.2 Å². The quantitative estimate of drug-likeness (QED) is 0.551. The van der Waals surface area contributed by atoms with Gasteiger partial charge in [0.1, 0.15) is 0 Å². The van der Waals surface area contributed by atoms with Crippen LogP contribution in [-0.2, 0) is 21.2 Å². The van der Waals surface area contributed by atoms with Crippen molar-refractivity contribution in [2.45, 2.75) is 24.7 Å². The molecule has 0 saturated carbocycles. The summed E-state index contributed by atoms with van der Waals surface area (Å²) in [4.78, 5) is 26.6. The number of rotatable bonds is 6. The van der Waals surface area contributed by atoms with E-state index in [1.165, 1.54) is 30.3 Å². The van der Waals surface area contributed by atoms with Crippen molar-refractivity contribution in [3.63, 3.8) is 0 Å². The molecule has 1 aliphatic heterocycles. The first kappa shape index (κ1) is 22.5. The fraction of sp³-hybridized carbons (Fsp3) is 0.200. The van der Waals surface area contributed by atoms with Crippen LogP contribution in [0.25, 0.3) is 0 Å². The number of carbonyl (C=O) groups excluding carboxylic acids is 2. The SMILES string of the molecule is CCOC(=O)c1ccc(NS(=O)(=O)c2ccc3c(c2)CCCN3C(=O)c2ccccc2)cc1. The third-order valence-corrected chi connectivity index (χ3v) is 6.77. The topological polar surface area (TPSA) is 92.8 Å². The Morgan fingerprint density at radius 1 is 0.970 bits per heavy atom. The number of carbonyl (C=O) groups is 2. The molecule has 0 aromatic heterocycles. The summed E-state index contributed by atoms with van der Waals surface area (Å²) in [7, 11) is -3.85. The van der Waals surface area contributed by atoms with Crippen molar-refractivity contribution in [3.05, 3.63) is 89.5 Å². The molecular formula is C25H24N2O5S. The van der Waals surface area contributed by atoms with E-state index in [0.29, 0.717) is 29.8 Å². The minimum Gasteiger partial charge on any atom is -0.462 e. The van der Waals surface area contributed by atoms with Gasteiger partial charge in [0.2, 0.25) is 0 Å². The molecule has 3 aromatic rings. The van der Waals surface area contributed by atoms with E-state index in [0.717, 1.165) is 17.7 Å². The van der Waals surface area contributed by atoms with Crippen LogP contribution in [0.2, 0.25) is 0 Å². The summed E-state index contributed by atoms with van der Waals surface area (Å²) < 4.78 is 33.4. The average molecular weight is 465 g/mol. The molecule has 1 N–H and O–H groups in total. The number of hydrogen-bond acceptors (Lipinski definition) is 5. The van der Waals surface area contributed by atoms with Crippen LogP contribution in [0, 0.1) is 0 Å². The fourth-order valence-corrected chi connectivity index (χ4v) is 4.90. The number of fused-ring (bicyclic) bond motifs is 1. The Hall–Kier alpha value is -3.65. The van der Waals surface area contributed by atoms with Gasteiger partial charge in [0.25, 0.3) is 15.9 Å². The van der Waals surface area contributed by atoms with Gasteiger partial charge < -0.3 is 9.64 Å². The number of ether oxygens (including phenoxy) is 1. The summed E-state index contributed by atoms with van der Waals surface area (Å²) in [5.74, 6) is -0.567. The molecule has 1 heterocycles. The van der Waals surface area contributed by atoms with E-state index in [-0.39, 0.29) is 17.4 Å². The summed E-state index contributed by atoms with van der Waals surface area (Å²) >= 11 is 0. The highest BCUT2D eigenvalue weighted by Gasteiger charge is 2.25. The second kappa shape index (κ2) is 9.46. The maximum atomic E-state index is 13.0. The highest BCUT2D eigenvalue weighted by Crippen LogP contribution is 2.31. The minimum absolute atomic E-state index is 0.105. The number of hydrogen-bond donors (Lipinski definition) is 1. The number of nitrogens with zero attached hydrogens (tertiary/aromatic N) is 1. The Kier molecular flexibility index (Phi) is 6.46. The lowest BCUT2D eigenvalue weighted by Gasteiger charge is -2.30. The molecule has 4 rings (SSSR count). The first-order chi connectivity index (χ1) is 15.9. The first-order valence-corrected chi connectivity index (χ1v) is 12.2. The van der Waals surface area contributed by atoms with Crippen molar-refractivity contribution in [2.24, 2.45) is 0 Å². The molecule has 33 heavy (non-hydrogen) atoms. The van der Waals surface area contributed by atoms with Crippen molar-refractivity contribution < 1.29 is 22.7 Å². The highest BCUT2D eigenvalue weighted by molar-refractivity contribution is 7.92. The number of aryl methyl sites for hydroxylation is 1. The summed E-state index contributed by atoms with van der Waals surface area (Å²) in [6.07, 6.45) is 1.43. The normalized spacial score (nSPS) is 13.2. The number of sulfonamides is 1. The van der Waals surface area contributed by atoms with Crippen LogP contribution in [0.1, 0.15) is 39.6 Å². The average Bonchev–Trinajstić information content (AvgIpc) is 2.84. The minimum atomic E-state index is -3.85. The van der Waals surface area contributed by atoms with E-state index in [4.69, 9.17) is 4.74 Å². The van der Waals surface area contributed by atoms with Gasteiger partial charge in [0, 0.05) is 23.5 Å². The molecule has 3 aromatic carbocycles. The monoisotopic (exact) mass is 464 g/mol. The Morgan fingerprint density at radius 2 is 1.70 bits per heavy atom. The van der Waals surface area contributed by atoms with E-state index in [1.807, 2.05) is 18.2 Å². The Labute approximate surface area is 193 Å². The smallest absolute Gasteiger partial charge is 0.338 e. The molecule has 0 aliphatic carbocycles. The van der Waals surface area contributed by atoms with E-state index < -0.39 is 16.0 Å². The Bertz CT molecular complexity index is 1270. The Morgan fingerprint density at radius 3 is 2.39 bits per heavy atom. The number of amides is 1. The van der Waals surface area contributed by atoms with Crippen LogP contribution in [0.15, 0.2) is 77.7 Å². The van der Waals surface area contributed by atoms with E-state index in [9.17, 15) is 18.0 Å². The summed E-state index contributed by atoms with van der Waals surface area (Å²) in [5.41, 5.74) is 2.81.